The average Bonchev–Trinajstić information content (AvgIpc) is 3.17. The number of amides is 1. The predicted octanol–water partition coefficient (Wildman–Crippen LogP) is 3.28. The van der Waals surface area contributed by atoms with Crippen LogP contribution in [0, 0.1) is 18.3 Å². The molecule has 0 aliphatic carbocycles. The van der Waals surface area contributed by atoms with Gasteiger partial charge in [-0.25, -0.2) is 9.97 Å². The van der Waals surface area contributed by atoms with E-state index in [1.54, 1.807) is 23.8 Å². The first kappa shape index (κ1) is 22.0. The number of ether oxygens (including phenoxy) is 1. The maximum atomic E-state index is 12.5. The third-order valence-electron chi connectivity index (χ3n) is 5.53. The Morgan fingerprint density at radius 3 is 2.82 bits per heavy atom. The molecule has 0 bridgehead atoms. The second kappa shape index (κ2) is 9.53. The minimum Gasteiger partial charge on any atom is -0.497 e. The van der Waals surface area contributed by atoms with Crippen LogP contribution in [0.15, 0.2) is 43.0 Å². The Kier molecular flexibility index (Phi) is 6.36. The van der Waals surface area contributed by atoms with Crippen molar-refractivity contribution in [2.24, 2.45) is 0 Å². The average molecular weight is 444 g/mol. The molecule has 9 nitrogen and oxygen atoms in total. The van der Waals surface area contributed by atoms with Crippen LogP contribution < -0.4 is 15.4 Å². The van der Waals surface area contributed by atoms with Crippen molar-refractivity contribution < 1.29 is 9.53 Å². The van der Waals surface area contributed by atoms with Gasteiger partial charge in [0.05, 0.1) is 30.0 Å². The van der Waals surface area contributed by atoms with Crippen LogP contribution in [0.4, 0.5) is 5.95 Å². The first-order chi connectivity index (χ1) is 16.0. The number of aryl methyl sites for hydroxylation is 1. The molecule has 33 heavy (non-hydrogen) atoms. The molecule has 0 unspecified atom stereocenters. The highest BCUT2D eigenvalue weighted by Gasteiger charge is 2.25. The normalized spacial score (nSPS) is 16.6. The van der Waals surface area contributed by atoms with Crippen LogP contribution in [-0.4, -0.2) is 45.2 Å². The summed E-state index contributed by atoms with van der Waals surface area (Å²) in [5, 5.41) is 20.6. The second-order valence-corrected chi connectivity index (χ2v) is 7.71. The maximum Gasteiger partial charge on any atom is 0.242 e. The van der Waals surface area contributed by atoms with Crippen LogP contribution in [0.2, 0.25) is 0 Å². The van der Waals surface area contributed by atoms with Crippen LogP contribution in [0.5, 0.6) is 5.75 Å². The number of benzene rings is 1. The molecule has 168 valence electrons. The molecule has 0 radical (unpaired) electrons. The van der Waals surface area contributed by atoms with Crippen molar-refractivity contribution in [1.29, 1.82) is 5.26 Å². The van der Waals surface area contributed by atoms with Gasteiger partial charge in [-0.1, -0.05) is 12.7 Å². The molecule has 1 amide bonds. The molecular weight excluding hydrogens is 418 g/mol. The van der Waals surface area contributed by atoms with E-state index < -0.39 is 6.04 Å². The lowest BCUT2D eigenvalue weighted by Gasteiger charge is -2.17. The van der Waals surface area contributed by atoms with Gasteiger partial charge in [-0.2, -0.15) is 9.78 Å². The smallest absolute Gasteiger partial charge is 0.242 e. The monoisotopic (exact) mass is 443 g/mol. The Morgan fingerprint density at radius 2 is 2.12 bits per heavy atom. The number of hydrogen-bond donors (Lipinski definition) is 2. The summed E-state index contributed by atoms with van der Waals surface area (Å²) in [6, 6.07) is 9.17. The van der Waals surface area contributed by atoms with Crippen molar-refractivity contribution in [3.8, 4) is 23.2 Å². The van der Waals surface area contributed by atoms with Crippen molar-refractivity contribution in [3.63, 3.8) is 0 Å². The van der Waals surface area contributed by atoms with Gasteiger partial charge in [0.15, 0.2) is 11.5 Å². The largest absolute Gasteiger partial charge is 0.497 e. The zero-order chi connectivity index (χ0) is 23.4. The van der Waals surface area contributed by atoms with E-state index in [1.165, 1.54) is 0 Å². The first-order valence-electron chi connectivity index (χ1n) is 10.7. The molecule has 1 atom stereocenters. The summed E-state index contributed by atoms with van der Waals surface area (Å²) in [7, 11) is 1.61. The Bertz CT molecular complexity index is 1270. The van der Waals surface area contributed by atoms with Crippen molar-refractivity contribution >= 4 is 23.1 Å². The highest BCUT2D eigenvalue weighted by Crippen LogP contribution is 2.28. The molecule has 9 heteroatoms. The van der Waals surface area contributed by atoms with Gasteiger partial charge in [0.1, 0.15) is 11.8 Å². The van der Waals surface area contributed by atoms with Gasteiger partial charge in [-0.05, 0) is 56.5 Å². The summed E-state index contributed by atoms with van der Waals surface area (Å²) in [6.07, 6.45) is 5.73. The Morgan fingerprint density at radius 1 is 1.33 bits per heavy atom. The summed E-state index contributed by atoms with van der Waals surface area (Å²) < 4.78 is 6.80. The molecule has 1 aliphatic heterocycles. The van der Waals surface area contributed by atoms with Gasteiger partial charge in [0, 0.05) is 12.1 Å². The maximum absolute atomic E-state index is 12.5. The number of carbonyl (C=O) groups is 1. The van der Waals surface area contributed by atoms with Gasteiger partial charge in [-0.15, -0.1) is 5.10 Å². The van der Waals surface area contributed by atoms with Gasteiger partial charge in [0.25, 0.3) is 0 Å². The fourth-order valence-electron chi connectivity index (χ4n) is 3.84. The van der Waals surface area contributed by atoms with E-state index in [1.807, 2.05) is 31.2 Å². The lowest BCUT2D eigenvalue weighted by Crippen LogP contribution is -2.38. The van der Waals surface area contributed by atoms with Crippen molar-refractivity contribution in [2.75, 3.05) is 19.0 Å². The molecule has 3 aromatic rings. The van der Waals surface area contributed by atoms with Gasteiger partial charge >= 0.3 is 0 Å². The zero-order valence-electron chi connectivity index (χ0n) is 18.6. The third-order valence-corrected chi connectivity index (χ3v) is 5.53. The van der Waals surface area contributed by atoms with E-state index in [2.05, 4.69) is 33.4 Å². The molecule has 0 spiro atoms. The summed E-state index contributed by atoms with van der Waals surface area (Å²) in [6.45, 7) is 6.18. The van der Waals surface area contributed by atoms with E-state index in [0.717, 1.165) is 24.2 Å². The molecule has 0 saturated carbocycles. The Hall–Kier alpha value is -4.19. The molecule has 4 rings (SSSR count). The van der Waals surface area contributed by atoms with Crippen LogP contribution in [-0.2, 0) is 4.79 Å². The molecule has 2 N–H and O–H groups in total. The Balaban J connectivity index is 1.88. The zero-order valence-corrected chi connectivity index (χ0v) is 18.6. The number of nitriles is 1. The third kappa shape index (κ3) is 4.41. The SMILES string of the molecule is C=C/C=C(/C#N)c1c(C)nc(N[C@@H]2CCCCNC2=O)n2nc(-c3ccc(OC)cc3)nc12. The molecule has 3 heterocycles. The molecule has 2 aromatic heterocycles. The van der Waals surface area contributed by atoms with E-state index in [4.69, 9.17) is 9.72 Å². The van der Waals surface area contributed by atoms with E-state index in [0.29, 0.717) is 47.2 Å². The Labute approximate surface area is 191 Å². The number of hydrogen-bond acceptors (Lipinski definition) is 7. The van der Waals surface area contributed by atoms with E-state index in [-0.39, 0.29) is 5.91 Å². The summed E-state index contributed by atoms with van der Waals surface area (Å²) >= 11 is 0. The van der Waals surface area contributed by atoms with E-state index in [9.17, 15) is 10.1 Å². The number of methoxy groups -OCH3 is 1. The lowest BCUT2D eigenvalue weighted by atomic mass is 10.1. The lowest BCUT2D eigenvalue weighted by molar-refractivity contribution is -0.121. The summed E-state index contributed by atoms with van der Waals surface area (Å²) in [4.78, 5) is 21.9. The fourth-order valence-corrected chi connectivity index (χ4v) is 3.84. The predicted molar refractivity (Wildman–Crippen MR) is 126 cm³/mol. The fraction of sp³-hybridized carbons (Fsp3) is 0.292. The molecular formula is C24H25N7O2. The van der Waals surface area contributed by atoms with Crippen molar-refractivity contribution in [1.82, 2.24) is 24.9 Å². The minimum absolute atomic E-state index is 0.0658. The molecule has 1 aromatic carbocycles. The number of allylic oxidation sites excluding steroid dienone is 3. The minimum atomic E-state index is -0.429. The van der Waals surface area contributed by atoms with Gasteiger partial charge in [0.2, 0.25) is 11.9 Å². The quantitative estimate of drug-likeness (QED) is 0.443. The van der Waals surface area contributed by atoms with Crippen LogP contribution >= 0.6 is 0 Å². The van der Waals surface area contributed by atoms with Crippen molar-refractivity contribution in [2.45, 2.75) is 32.2 Å². The number of nitrogens with zero attached hydrogens (tertiary/aromatic N) is 5. The number of anilines is 1. The standard InChI is InChI=1S/C24H25N7O2/c1-4-7-17(14-25)20-15(2)27-24(28-19-8-5-6-13-26-23(19)32)31-22(20)29-21(30-31)16-9-11-18(33-3)12-10-16/h4,7,9-12,19H,1,5-6,8,13H2,2-3H3,(H,26,32)(H,27,28)/b17-7-/t19-/m1/s1. The number of rotatable bonds is 6. The number of fused-ring (bicyclic) bond motifs is 1. The van der Waals surface area contributed by atoms with Gasteiger partial charge < -0.3 is 15.4 Å². The van der Waals surface area contributed by atoms with Crippen molar-refractivity contribution in [3.05, 3.63) is 54.3 Å². The topological polar surface area (TPSA) is 117 Å². The summed E-state index contributed by atoms with van der Waals surface area (Å²) in [5.74, 6) is 1.53. The van der Waals surface area contributed by atoms with Gasteiger partial charge in [-0.3, -0.25) is 4.79 Å². The molecule has 1 aliphatic rings. The number of aromatic nitrogens is 4. The molecule has 1 saturated heterocycles. The van der Waals surface area contributed by atoms with Crippen LogP contribution in [0.1, 0.15) is 30.5 Å². The highest BCUT2D eigenvalue weighted by atomic mass is 16.5. The second-order valence-electron chi connectivity index (χ2n) is 7.71. The number of carbonyl (C=O) groups excluding carboxylic acids is 1. The van der Waals surface area contributed by atoms with E-state index >= 15 is 0 Å². The summed E-state index contributed by atoms with van der Waals surface area (Å²) in [5.41, 5.74) is 2.81. The van der Waals surface area contributed by atoms with Crippen LogP contribution in [0.25, 0.3) is 22.6 Å². The first-order valence-corrected chi connectivity index (χ1v) is 10.7. The number of nitrogens with one attached hydrogen (secondary N) is 2. The molecule has 1 fully saturated rings. The highest BCUT2D eigenvalue weighted by molar-refractivity contribution is 5.88. The van der Waals surface area contributed by atoms with Crippen LogP contribution in [0.3, 0.4) is 0 Å².